The Labute approximate surface area is 249 Å². The van der Waals surface area contributed by atoms with Crippen LogP contribution in [0.25, 0.3) is 0 Å². The van der Waals surface area contributed by atoms with E-state index in [9.17, 15) is 19.2 Å². The normalized spacial score (nSPS) is 21.7. The topological polar surface area (TPSA) is 124 Å². The van der Waals surface area contributed by atoms with Crippen LogP contribution in [0.5, 0.6) is 0 Å². The molecule has 0 radical (unpaired) electrons. The first-order valence-electron chi connectivity index (χ1n) is 13.8. The molecule has 1 fully saturated rings. The highest BCUT2D eigenvalue weighted by molar-refractivity contribution is 5.69. The van der Waals surface area contributed by atoms with Crippen LogP contribution in [0.15, 0.2) is 91.0 Å². The standard InChI is InChI=1S/C33H34O10/c1-21(34)39-29-28(43-32(42-24(4)37)31(41-23(3)36)30(29)40-22(2)35)20-38-33(25-14-8-5-9-15-25,26-16-10-6-11-17-26)27-18-12-7-13-19-27/h5-19,28-32H,20H2,1-4H3/t28-,29+,30+,31+,32-/m0/s1. The molecule has 4 rings (SSSR count). The van der Waals surface area contributed by atoms with Crippen molar-refractivity contribution in [2.24, 2.45) is 0 Å². The van der Waals surface area contributed by atoms with Crippen LogP contribution < -0.4 is 0 Å². The molecule has 226 valence electrons. The van der Waals surface area contributed by atoms with Crippen LogP contribution in [-0.4, -0.2) is 61.2 Å². The Morgan fingerprint density at radius 3 is 1.33 bits per heavy atom. The smallest absolute Gasteiger partial charge is 0.305 e. The molecular weight excluding hydrogens is 556 g/mol. The van der Waals surface area contributed by atoms with E-state index in [1.807, 2.05) is 91.0 Å². The lowest BCUT2D eigenvalue weighted by atomic mass is 9.80. The average molecular weight is 591 g/mol. The van der Waals surface area contributed by atoms with E-state index in [1.54, 1.807) is 0 Å². The van der Waals surface area contributed by atoms with Gasteiger partial charge in [-0.15, -0.1) is 0 Å². The van der Waals surface area contributed by atoms with Gasteiger partial charge in [-0.3, -0.25) is 19.2 Å². The van der Waals surface area contributed by atoms with Gasteiger partial charge in [0.2, 0.25) is 12.4 Å². The minimum Gasteiger partial charge on any atom is -0.456 e. The molecule has 0 saturated carbocycles. The molecule has 0 aromatic heterocycles. The van der Waals surface area contributed by atoms with E-state index in [0.717, 1.165) is 37.5 Å². The van der Waals surface area contributed by atoms with Gasteiger partial charge in [0.25, 0.3) is 0 Å². The highest BCUT2D eigenvalue weighted by atomic mass is 16.7. The number of hydrogen-bond donors (Lipinski definition) is 0. The maximum atomic E-state index is 12.3. The second kappa shape index (κ2) is 14.1. The molecule has 1 aliphatic rings. The summed E-state index contributed by atoms with van der Waals surface area (Å²) in [6, 6.07) is 28.7. The van der Waals surface area contributed by atoms with Gasteiger partial charge >= 0.3 is 23.9 Å². The van der Waals surface area contributed by atoms with Gasteiger partial charge in [0.1, 0.15) is 11.7 Å². The highest BCUT2D eigenvalue weighted by Gasteiger charge is 2.54. The minimum atomic E-state index is -1.49. The molecule has 0 amide bonds. The first-order chi connectivity index (χ1) is 20.6. The molecule has 0 unspecified atom stereocenters. The molecular formula is C33H34O10. The largest absolute Gasteiger partial charge is 0.456 e. The predicted octanol–water partition coefficient (Wildman–Crippen LogP) is 4.08. The molecule has 3 aromatic rings. The van der Waals surface area contributed by atoms with Gasteiger partial charge in [-0.1, -0.05) is 91.0 Å². The van der Waals surface area contributed by atoms with Gasteiger partial charge in [0.05, 0.1) is 6.61 Å². The van der Waals surface area contributed by atoms with Crippen LogP contribution in [0.2, 0.25) is 0 Å². The van der Waals surface area contributed by atoms with Crippen molar-refractivity contribution in [3.63, 3.8) is 0 Å². The molecule has 10 heteroatoms. The number of ether oxygens (including phenoxy) is 6. The van der Waals surface area contributed by atoms with Crippen molar-refractivity contribution >= 4 is 23.9 Å². The van der Waals surface area contributed by atoms with Crippen LogP contribution in [0, 0.1) is 0 Å². The highest BCUT2D eigenvalue weighted by Crippen LogP contribution is 2.41. The van der Waals surface area contributed by atoms with Gasteiger partial charge in [-0.25, -0.2) is 0 Å². The lowest BCUT2D eigenvalue weighted by Gasteiger charge is -2.45. The monoisotopic (exact) mass is 590 g/mol. The first-order valence-corrected chi connectivity index (χ1v) is 13.8. The van der Waals surface area contributed by atoms with Crippen molar-refractivity contribution in [3.05, 3.63) is 108 Å². The molecule has 0 N–H and O–H groups in total. The number of carbonyl (C=O) groups excluding carboxylic acids is 4. The summed E-state index contributed by atoms with van der Waals surface area (Å²) in [4.78, 5) is 48.6. The number of carbonyl (C=O) groups is 4. The molecule has 1 aliphatic heterocycles. The summed E-state index contributed by atoms with van der Waals surface area (Å²) in [5.41, 5.74) is 1.24. The summed E-state index contributed by atoms with van der Waals surface area (Å²) in [6.45, 7) is 4.40. The second-order valence-corrected chi connectivity index (χ2v) is 9.96. The predicted molar refractivity (Wildman–Crippen MR) is 152 cm³/mol. The van der Waals surface area contributed by atoms with Crippen molar-refractivity contribution in [1.29, 1.82) is 0 Å². The maximum absolute atomic E-state index is 12.3. The Hall–Kier alpha value is -4.54. The molecule has 3 aromatic carbocycles. The summed E-state index contributed by atoms with van der Waals surface area (Å²) in [5, 5.41) is 0. The zero-order chi connectivity index (χ0) is 31.0. The Kier molecular flexibility index (Phi) is 10.3. The van der Waals surface area contributed by atoms with Gasteiger partial charge in [-0.2, -0.15) is 0 Å². The van der Waals surface area contributed by atoms with Crippen molar-refractivity contribution < 1.29 is 47.6 Å². The quantitative estimate of drug-likeness (QED) is 0.194. The van der Waals surface area contributed by atoms with Gasteiger partial charge in [0, 0.05) is 27.7 Å². The van der Waals surface area contributed by atoms with Gasteiger partial charge in [-0.05, 0) is 16.7 Å². The van der Waals surface area contributed by atoms with E-state index in [0.29, 0.717) is 0 Å². The summed E-state index contributed by atoms with van der Waals surface area (Å²) in [6.07, 6.45) is -6.73. The van der Waals surface area contributed by atoms with E-state index in [-0.39, 0.29) is 6.61 Å². The number of hydrogen-bond acceptors (Lipinski definition) is 10. The Morgan fingerprint density at radius 1 is 0.558 bits per heavy atom. The fourth-order valence-electron chi connectivity index (χ4n) is 5.22. The molecule has 1 saturated heterocycles. The van der Waals surface area contributed by atoms with Crippen molar-refractivity contribution in [3.8, 4) is 0 Å². The van der Waals surface area contributed by atoms with Crippen molar-refractivity contribution in [2.75, 3.05) is 6.61 Å². The molecule has 43 heavy (non-hydrogen) atoms. The van der Waals surface area contributed by atoms with E-state index < -0.39 is 60.2 Å². The lowest BCUT2D eigenvalue weighted by Crippen LogP contribution is -2.63. The summed E-state index contributed by atoms with van der Waals surface area (Å²) in [5.74, 6) is -2.93. The van der Waals surface area contributed by atoms with Crippen LogP contribution in [0.3, 0.4) is 0 Å². The van der Waals surface area contributed by atoms with Crippen molar-refractivity contribution in [1.82, 2.24) is 0 Å². The zero-order valence-electron chi connectivity index (χ0n) is 24.3. The zero-order valence-corrected chi connectivity index (χ0v) is 24.3. The maximum Gasteiger partial charge on any atom is 0.305 e. The minimum absolute atomic E-state index is 0.237. The fraction of sp³-hybridized carbons (Fsp3) is 0.333. The third-order valence-corrected chi connectivity index (χ3v) is 6.78. The number of rotatable bonds is 10. The van der Waals surface area contributed by atoms with E-state index in [2.05, 4.69) is 0 Å². The number of esters is 4. The lowest BCUT2D eigenvalue weighted by molar-refractivity contribution is -0.303. The molecule has 1 heterocycles. The average Bonchev–Trinajstić information content (AvgIpc) is 2.97. The summed E-state index contributed by atoms with van der Waals surface area (Å²) < 4.78 is 34.9. The van der Waals surface area contributed by atoms with E-state index >= 15 is 0 Å². The summed E-state index contributed by atoms with van der Waals surface area (Å²) >= 11 is 0. The Bertz CT molecular complexity index is 1300. The third-order valence-electron chi connectivity index (χ3n) is 6.78. The molecule has 0 aliphatic carbocycles. The fourth-order valence-corrected chi connectivity index (χ4v) is 5.22. The third kappa shape index (κ3) is 7.46. The van der Waals surface area contributed by atoms with Crippen LogP contribution in [0.4, 0.5) is 0 Å². The summed E-state index contributed by atoms with van der Waals surface area (Å²) in [7, 11) is 0. The Balaban J connectivity index is 1.83. The van der Waals surface area contributed by atoms with Crippen LogP contribution in [0.1, 0.15) is 44.4 Å². The van der Waals surface area contributed by atoms with Gasteiger partial charge < -0.3 is 28.4 Å². The van der Waals surface area contributed by atoms with Crippen LogP contribution in [-0.2, 0) is 53.2 Å². The SMILES string of the molecule is CC(=O)O[C@H]1O[C@@H](COC(c2ccccc2)(c2ccccc2)c2ccccc2)[C@@H](OC(C)=O)[C@@H](OC(C)=O)[C@H]1OC(C)=O. The van der Waals surface area contributed by atoms with Crippen LogP contribution >= 0.6 is 0 Å². The molecule has 0 spiro atoms. The van der Waals surface area contributed by atoms with Crippen molar-refractivity contribution in [2.45, 2.75) is 64.0 Å². The Morgan fingerprint density at radius 2 is 0.930 bits per heavy atom. The van der Waals surface area contributed by atoms with E-state index in [1.165, 1.54) is 6.92 Å². The van der Waals surface area contributed by atoms with E-state index in [4.69, 9.17) is 28.4 Å². The first kappa shape index (κ1) is 31.4. The number of benzene rings is 3. The second-order valence-electron chi connectivity index (χ2n) is 9.96. The molecule has 5 atom stereocenters. The molecule has 10 nitrogen and oxygen atoms in total. The molecule has 0 bridgehead atoms. The van der Waals surface area contributed by atoms with Gasteiger partial charge in [0.15, 0.2) is 12.2 Å².